The molecule has 0 N–H and O–H groups in total. The molecule has 102 valence electrons. The first-order chi connectivity index (χ1) is 10.3. The number of hydrogen-bond acceptors (Lipinski definition) is 3. The molecule has 4 rings (SSSR count). The van der Waals surface area contributed by atoms with Gasteiger partial charge in [0.25, 0.3) is 0 Å². The largest absolute Gasteiger partial charge is 0.299 e. The zero-order chi connectivity index (χ0) is 14.4. The maximum Gasteiger partial charge on any atom is 0.160 e. The Hall–Kier alpha value is -2.58. The summed E-state index contributed by atoms with van der Waals surface area (Å²) in [5, 5.41) is 4.77. The van der Waals surface area contributed by atoms with Gasteiger partial charge in [0.1, 0.15) is 12.7 Å². The van der Waals surface area contributed by atoms with Crippen LogP contribution in [0.15, 0.2) is 30.9 Å². The van der Waals surface area contributed by atoms with E-state index in [1.165, 1.54) is 0 Å². The Balaban J connectivity index is 2.07. The van der Waals surface area contributed by atoms with Crippen LogP contribution in [0.25, 0.3) is 17.1 Å². The zero-order valence-electron chi connectivity index (χ0n) is 11.2. The number of hydrogen-bond donors (Lipinski definition) is 0. The van der Waals surface area contributed by atoms with Crippen molar-refractivity contribution in [3.8, 4) is 28.9 Å². The van der Waals surface area contributed by atoms with E-state index in [2.05, 4.69) is 26.9 Å². The Bertz CT molecular complexity index is 910. The maximum atomic E-state index is 6.20. The fourth-order valence-corrected chi connectivity index (χ4v) is 2.77. The van der Waals surface area contributed by atoms with Gasteiger partial charge in [0.05, 0.1) is 17.9 Å². The zero-order valence-corrected chi connectivity index (χ0v) is 12.0. The van der Waals surface area contributed by atoms with Crippen LogP contribution in [0.4, 0.5) is 0 Å². The van der Waals surface area contributed by atoms with E-state index in [1.807, 2.05) is 34.4 Å². The summed E-state index contributed by atoms with van der Waals surface area (Å²) in [6.07, 6.45) is 3.28. The molecule has 0 amide bonds. The van der Waals surface area contributed by atoms with E-state index in [9.17, 15) is 0 Å². The lowest BCUT2D eigenvalue weighted by molar-refractivity contribution is 0.677. The Kier molecular flexibility index (Phi) is 2.59. The number of halogens is 1. The van der Waals surface area contributed by atoms with Gasteiger partial charge in [-0.3, -0.25) is 4.57 Å². The first-order valence-corrected chi connectivity index (χ1v) is 6.83. The molecular formula is C15H10ClN5. The fraction of sp³-hybridized carbons (Fsp3) is 0.133. The number of rotatable bonds is 0. The van der Waals surface area contributed by atoms with E-state index in [4.69, 9.17) is 11.6 Å². The fourth-order valence-electron chi connectivity index (χ4n) is 2.58. The third-order valence-corrected chi connectivity index (χ3v) is 3.81. The molecule has 0 spiro atoms. The normalized spacial score (nSPS) is 11.7. The van der Waals surface area contributed by atoms with Gasteiger partial charge in [-0.05, 0) is 25.1 Å². The molecule has 21 heavy (non-hydrogen) atoms. The van der Waals surface area contributed by atoms with Crippen LogP contribution in [0.2, 0.25) is 5.15 Å². The topological polar surface area (TPSA) is 48.5 Å². The molecule has 5 nitrogen and oxygen atoms in total. The summed E-state index contributed by atoms with van der Waals surface area (Å²) in [5.74, 6) is 6.80. The summed E-state index contributed by atoms with van der Waals surface area (Å²) < 4.78 is 3.81. The predicted octanol–water partition coefficient (Wildman–Crippen LogP) is 2.52. The molecule has 2 aromatic heterocycles. The quantitative estimate of drug-likeness (QED) is 0.468. The summed E-state index contributed by atoms with van der Waals surface area (Å²) >= 11 is 6.20. The van der Waals surface area contributed by atoms with Gasteiger partial charge in [0.2, 0.25) is 0 Å². The molecule has 0 bridgehead atoms. The van der Waals surface area contributed by atoms with Gasteiger partial charge in [-0.2, -0.15) is 5.10 Å². The van der Waals surface area contributed by atoms with E-state index in [-0.39, 0.29) is 0 Å². The Morgan fingerprint density at radius 3 is 3.05 bits per heavy atom. The molecule has 6 heteroatoms. The molecule has 0 aliphatic carbocycles. The van der Waals surface area contributed by atoms with E-state index in [0.29, 0.717) is 11.7 Å². The number of imidazole rings is 1. The van der Waals surface area contributed by atoms with Crippen LogP contribution < -0.4 is 0 Å². The number of aromatic nitrogens is 5. The molecular weight excluding hydrogens is 286 g/mol. The monoisotopic (exact) mass is 295 g/mol. The van der Waals surface area contributed by atoms with E-state index >= 15 is 0 Å². The van der Waals surface area contributed by atoms with Gasteiger partial charge >= 0.3 is 0 Å². The lowest BCUT2D eigenvalue weighted by Gasteiger charge is -2.08. The molecule has 0 fully saturated rings. The summed E-state index contributed by atoms with van der Waals surface area (Å²) in [4.78, 5) is 8.57. The molecule has 0 saturated carbocycles. The predicted molar refractivity (Wildman–Crippen MR) is 79.2 cm³/mol. The molecule has 0 atom stereocenters. The maximum absolute atomic E-state index is 6.20. The van der Waals surface area contributed by atoms with E-state index in [0.717, 1.165) is 28.3 Å². The van der Waals surface area contributed by atoms with Crippen molar-refractivity contribution in [3.05, 3.63) is 47.3 Å². The molecule has 1 aliphatic heterocycles. The summed E-state index contributed by atoms with van der Waals surface area (Å²) in [7, 11) is 0. The van der Waals surface area contributed by atoms with Crippen LogP contribution >= 0.6 is 11.6 Å². The summed E-state index contributed by atoms with van der Waals surface area (Å²) in [6, 6.07) is 6.02. The van der Waals surface area contributed by atoms with Gasteiger partial charge in [-0.1, -0.05) is 17.5 Å². The van der Waals surface area contributed by atoms with E-state index in [1.54, 1.807) is 12.7 Å². The van der Waals surface area contributed by atoms with Crippen LogP contribution in [0.1, 0.15) is 18.2 Å². The van der Waals surface area contributed by atoms with Crippen LogP contribution in [0, 0.1) is 11.8 Å². The second-order valence-corrected chi connectivity index (χ2v) is 5.06. The van der Waals surface area contributed by atoms with Crippen LogP contribution in [0.5, 0.6) is 0 Å². The van der Waals surface area contributed by atoms with Crippen molar-refractivity contribution in [1.29, 1.82) is 0 Å². The third kappa shape index (κ3) is 1.77. The third-order valence-electron chi connectivity index (χ3n) is 3.50. The van der Waals surface area contributed by atoms with Crippen LogP contribution in [-0.2, 0) is 6.54 Å². The minimum absolute atomic E-state index is 0.488. The van der Waals surface area contributed by atoms with Gasteiger partial charge in [0.15, 0.2) is 11.0 Å². The number of benzene rings is 1. The number of nitrogens with zero attached hydrogens (tertiary/aromatic N) is 5. The first-order valence-electron chi connectivity index (χ1n) is 6.45. The Morgan fingerprint density at radius 1 is 1.29 bits per heavy atom. The molecule has 0 unspecified atom stereocenters. The molecule has 3 heterocycles. The van der Waals surface area contributed by atoms with Crippen molar-refractivity contribution in [3.63, 3.8) is 0 Å². The molecule has 3 aromatic rings. The minimum Gasteiger partial charge on any atom is -0.299 e. The number of fused-ring (bicyclic) bond motifs is 5. The van der Waals surface area contributed by atoms with Crippen LogP contribution in [-0.4, -0.2) is 24.3 Å². The van der Waals surface area contributed by atoms with Crippen molar-refractivity contribution in [2.75, 3.05) is 0 Å². The van der Waals surface area contributed by atoms with Gasteiger partial charge < -0.3 is 0 Å². The average Bonchev–Trinajstić information content (AvgIpc) is 3.05. The average molecular weight is 296 g/mol. The second-order valence-electron chi connectivity index (χ2n) is 4.70. The standard InChI is InChI=1S/C15H10ClN5/c1-2-3-10-4-5-12-11(6-10)15-17-8-19-21(15)7-13-14(16)18-9-20(12)13/h4-6,8-9H,7H2,1H3. The van der Waals surface area contributed by atoms with Crippen LogP contribution in [0.3, 0.4) is 0 Å². The van der Waals surface area contributed by atoms with Gasteiger partial charge in [0, 0.05) is 11.1 Å². The molecule has 1 aromatic carbocycles. The lowest BCUT2D eigenvalue weighted by Crippen LogP contribution is -2.04. The van der Waals surface area contributed by atoms with Crippen molar-refractivity contribution >= 4 is 11.6 Å². The summed E-state index contributed by atoms with van der Waals surface area (Å²) in [6.45, 7) is 2.36. The van der Waals surface area contributed by atoms with Crippen molar-refractivity contribution in [2.45, 2.75) is 13.5 Å². The molecule has 1 aliphatic rings. The smallest absolute Gasteiger partial charge is 0.160 e. The Morgan fingerprint density at radius 2 is 2.19 bits per heavy atom. The Labute approximate surface area is 126 Å². The SMILES string of the molecule is CC#Cc1ccc2c(c1)-c1ncnn1Cc1c(Cl)ncn1-2. The molecule has 0 radical (unpaired) electrons. The van der Waals surface area contributed by atoms with Gasteiger partial charge in [-0.25, -0.2) is 14.6 Å². The highest BCUT2D eigenvalue weighted by molar-refractivity contribution is 6.30. The highest BCUT2D eigenvalue weighted by atomic mass is 35.5. The highest BCUT2D eigenvalue weighted by Crippen LogP contribution is 2.32. The highest BCUT2D eigenvalue weighted by Gasteiger charge is 2.23. The van der Waals surface area contributed by atoms with Gasteiger partial charge in [-0.15, -0.1) is 5.92 Å². The lowest BCUT2D eigenvalue weighted by atomic mass is 10.1. The van der Waals surface area contributed by atoms with E-state index < -0.39 is 0 Å². The molecule has 0 saturated heterocycles. The van der Waals surface area contributed by atoms with Crippen molar-refractivity contribution < 1.29 is 0 Å². The second kappa shape index (κ2) is 4.47. The van der Waals surface area contributed by atoms with Crippen molar-refractivity contribution in [1.82, 2.24) is 24.3 Å². The summed E-state index contributed by atoms with van der Waals surface area (Å²) in [5.41, 5.74) is 3.80. The minimum atomic E-state index is 0.488. The van der Waals surface area contributed by atoms with Crippen molar-refractivity contribution in [2.24, 2.45) is 0 Å². The first kappa shape index (κ1) is 12.2.